The second-order valence-electron chi connectivity index (χ2n) is 3.44. The second-order valence-corrected chi connectivity index (χ2v) is 3.44. The van der Waals surface area contributed by atoms with Gasteiger partial charge in [-0.2, -0.15) is 0 Å². The zero-order valence-corrected chi connectivity index (χ0v) is 7.53. The highest BCUT2D eigenvalue weighted by Gasteiger charge is 2.28. The maximum absolute atomic E-state index is 11.3. The lowest BCUT2D eigenvalue weighted by Gasteiger charge is -2.20. The molecular weight excluding hydrogens is 172 g/mol. The van der Waals surface area contributed by atoms with Crippen molar-refractivity contribution in [3.8, 4) is 0 Å². The Hall–Kier alpha value is -0.610. The molecule has 0 aromatic carbocycles. The smallest absolute Gasteiger partial charge is 0.335 e. The predicted octanol–water partition coefficient (Wildman–Crippen LogP) is 0.497. The van der Waals surface area contributed by atoms with Crippen LogP contribution in [-0.4, -0.2) is 38.0 Å². The molecule has 0 aromatic rings. The highest BCUT2D eigenvalue weighted by molar-refractivity contribution is 5.74. The Morgan fingerprint density at radius 1 is 1.38 bits per heavy atom. The number of ether oxygens (including phenoxy) is 3. The Balaban J connectivity index is 1.67. The number of esters is 1. The van der Waals surface area contributed by atoms with E-state index in [4.69, 9.17) is 14.2 Å². The molecule has 0 unspecified atom stereocenters. The van der Waals surface area contributed by atoms with Gasteiger partial charge in [0.15, 0.2) is 6.10 Å². The molecule has 2 rings (SSSR count). The van der Waals surface area contributed by atoms with E-state index >= 15 is 0 Å². The first kappa shape index (κ1) is 8.97. The maximum atomic E-state index is 11.3. The first-order chi connectivity index (χ1) is 6.36. The molecule has 0 radical (unpaired) electrons. The molecule has 0 aromatic heterocycles. The summed E-state index contributed by atoms with van der Waals surface area (Å²) >= 11 is 0. The molecule has 2 aliphatic rings. The van der Waals surface area contributed by atoms with E-state index in [-0.39, 0.29) is 18.2 Å². The van der Waals surface area contributed by atoms with Crippen LogP contribution in [0.25, 0.3) is 0 Å². The molecule has 74 valence electrons. The molecule has 2 atom stereocenters. The summed E-state index contributed by atoms with van der Waals surface area (Å²) in [6.45, 7) is 1.79. The second kappa shape index (κ2) is 4.07. The van der Waals surface area contributed by atoms with Gasteiger partial charge in [0.05, 0.1) is 6.61 Å². The third-order valence-corrected chi connectivity index (χ3v) is 2.26. The van der Waals surface area contributed by atoms with Gasteiger partial charge in [0, 0.05) is 6.61 Å². The van der Waals surface area contributed by atoms with Crippen LogP contribution in [0, 0.1) is 0 Å². The fraction of sp³-hybridized carbons (Fsp3) is 0.889. The van der Waals surface area contributed by atoms with Crippen molar-refractivity contribution in [1.82, 2.24) is 0 Å². The largest absolute Gasteiger partial charge is 0.461 e. The van der Waals surface area contributed by atoms with E-state index in [1.165, 1.54) is 0 Å². The summed E-state index contributed by atoms with van der Waals surface area (Å²) in [5, 5.41) is 0. The average molecular weight is 186 g/mol. The Kier molecular flexibility index (Phi) is 2.80. The van der Waals surface area contributed by atoms with Gasteiger partial charge in [0.2, 0.25) is 0 Å². The Bertz CT molecular complexity index is 182. The van der Waals surface area contributed by atoms with Crippen LogP contribution in [0.2, 0.25) is 0 Å². The van der Waals surface area contributed by atoms with Crippen molar-refractivity contribution in [3.05, 3.63) is 0 Å². The van der Waals surface area contributed by atoms with Crippen molar-refractivity contribution in [1.29, 1.82) is 0 Å². The van der Waals surface area contributed by atoms with Gasteiger partial charge in [0.25, 0.3) is 0 Å². The number of carbonyl (C=O) groups excluding carboxylic acids is 1. The summed E-state index contributed by atoms with van der Waals surface area (Å²) in [6.07, 6.45) is 2.72. The molecule has 13 heavy (non-hydrogen) atoms. The van der Waals surface area contributed by atoms with E-state index in [1.807, 2.05) is 0 Å². The number of carbonyl (C=O) groups is 1. The van der Waals surface area contributed by atoms with Gasteiger partial charge in [0.1, 0.15) is 12.7 Å². The fourth-order valence-electron chi connectivity index (χ4n) is 1.36. The van der Waals surface area contributed by atoms with Gasteiger partial charge in [-0.05, 0) is 19.3 Å². The molecule has 2 fully saturated rings. The third-order valence-electron chi connectivity index (χ3n) is 2.26. The number of hydrogen-bond donors (Lipinski definition) is 0. The molecule has 4 heteroatoms. The first-order valence-corrected chi connectivity index (χ1v) is 4.76. The molecule has 2 heterocycles. The van der Waals surface area contributed by atoms with Crippen molar-refractivity contribution in [2.24, 2.45) is 0 Å². The van der Waals surface area contributed by atoms with Crippen LogP contribution in [0.1, 0.15) is 19.3 Å². The minimum atomic E-state index is -0.326. The van der Waals surface area contributed by atoms with Crippen LogP contribution in [-0.2, 0) is 19.0 Å². The van der Waals surface area contributed by atoms with E-state index in [2.05, 4.69) is 0 Å². The lowest BCUT2D eigenvalue weighted by molar-refractivity contribution is -0.160. The first-order valence-electron chi connectivity index (χ1n) is 4.76. The monoisotopic (exact) mass is 186 g/mol. The standard InChI is InChI=1S/C9H14O4/c10-9(13-6-7-5-12-7)8-3-1-2-4-11-8/h7-8H,1-6H2/t7-,8+/m0/s1. The minimum absolute atomic E-state index is 0.146. The SMILES string of the molecule is O=C(OC[C@@H]1CO1)[C@H]1CCCCO1. The zero-order chi connectivity index (χ0) is 9.10. The minimum Gasteiger partial charge on any atom is -0.461 e. The average Bonchev–Trinajstić information content (AvgIpc) is 2.99. The van der Waals surface area contributed by atoms with Crippen LogP contribution in [0.3, 0.4) is 0 Å². The van der Waals surface area contributed by atoms with Crippen molar-refractivity contribution in [2.75, 3.05) is 19.8 Å². The lowest BCUT2D eigenvalue weighted by atomic mass is 10.1. The maximum Gasteiger partial charge on any atom is 0.335 e. The summed E-state index contributed by atoms with van der Waals surface area (Å²) in [7, 11) is 0. The fourth-order valence-corrected chi connectivity index (χ4v) is 1.36. The topological polar surface area (TPSA) is 48.1 Å². The molecule has 0 N–H and O–H groups in total. The van der Waals surface area contributed by atoms with Gasteiger partial charge < -0.3 is 14.2 Å². The van der Waals surface area contributed by atoms with E-state index in [1.54, 1.807) is 0 Å². The summed E-state index contributed by atoms with van der Waals surface area (Å²) < 4.78 is 15.2. The van der Waals surface area contributed by atoms with E-state index in [0.29, 0.717) is 13.2 Å². The summed E-state index contributed by atoms with van der Waals surface area (Å²) in [6, 6.07) is 0. The Labute approximate surface area is 77.1 Å². The number of rotatable bonds is 3. The number of hydrogen-bond acceptors (Lipinski definition) is 4. The molecule has 4 nitrogen and oxygen atoms in total. The van der Waals surface area contributed by atoms with E-state index < -0.39 is 0 Å². The molecule has 2 aliphatic heterocycles. The van der Waals surface area contributed by atoms with Gasteiger partial charge in [-0.3, -0.25) is 0 Å². The van der Waals surface area contributed by atoms with Crippen molar-refractivity contribution >= 4 is 5.97 Å². The molecule has 2 saturated heterocycles. The van der Waals surface area contributed by atoms with E-state index in [9.17, 15) is 4.79 Å². The van der Waals surface area contributed by atoms with Crippen molar-refractivity contribution in [2.45, 2.75) is 31.5 Å². The Morgan fingerprint density at radius 3 is 2.85 bits per heavy atom. The van der Waals surface area contributed by atoms with Crippen LogP contribution in [0.4, 0.5) is 0 Å². The lowest BCUT2D eigenvalue weighted by Crippen LogP contribution is -2.30. The van der Waals surface area contributed by atoms with Crippen LogP contribution in [0.5, 0.6) is 0 Å². The molecule has 0 bridgehead atoms. The van der Waals surface area contributed by atoms with Gasteiger partial charge in [-0.25, -0.2) is 4.79 Å². The quantitative estimate of drug-likeness (QED) is 0.475. The van der Waals surface area contributed by atoms with Gasteiger partial charge >= 0.3 is 5.97 Å². The molecule has 0 saturated carbocycles. The van der Waals surface area contributed by atoms with Crippen LogP contribution >= 0.6 is 0 Å². The predicted molar refractivity (Wildman–Crippen MR) is 44.3 cm³/mol. The van der Waals surface area contributed by atoms with E-state index in [0.717, 1.165) is 25.9 Å². The number of epoxide rings is 1. The third kappa shape index (κ3) is 2.67. The zero-order valence-electron chi connectivity index (χ0n) is 7.53. The van der Waals surface area contributed by atoms with Crippen molar-refractivity contribution < 1.29 is 19.0 Å². The summed E-state index contributed by atoms with van der Waals surface area (Å²) in [4.78, 5) is 11.3. The Morgan fingerprint density at radius 2 is 2.23 bits per heavy atom. The van der Waals surface area contributed by atoms with Crippen molar-refractivity contribution in [3.63, 3.8) is 0 Å². The molecule has 0 amide bonds. The summed E-state index contributed by atoms with van der Waals surface area (Å²) in [5.41, 5.74) is 0. The van der Waals surface area contributed by atoms with Gasteiger partial charge in [-0.1, -0.05) is 0 Å². The highest BCUT2D eigenvalue weighted by Crippen LogP contribution is 2.15. The highest BCUT2D eigenvalue weighted by atomic mass is 16.6. The normalized spacial score (nSPS) is 32.6. The molecule has 0 spiro atoms. The van der Waals surface area contributed by atoms with Gasteiger partial charge in [-0.15, -0.1) is 0 Å². The van der Waals surface area contributed by atoms with Crippen LogP contribution in [0.15, 0.2) is 0 Å². The van der Waals surface area contributed by atoms with Crippen LogP contribution < -0.4 is 0 Å². The summed E-state index contributed by atoms with van der Waals surface area (Å²) in [5.74, 6) is -0.227. The molecule has 0 aliphatic carbocycles. The molecular formula is C9H14O4.